The summed E-state index contributed by atoms with van der Waals surface area (Å²) in [6.45, 7) is 0.295. The fourth-order valence-electron chi connectivity index (χ4n) is 0.967. The van der Waals surface area contributed by atoms with E-state index in [1.807, 2.05) is 0 Å². The molecule has 0 amide bonds. The lowest BCUT2D eigenvalue weighted by atomic mass is 10.4. The van der Waals surface area contributed by atoms with Crippen LogP contribution < -0.4 is 0 Å². The second kappa shape index (κ2) is 3.29. The Bertz CT molecular complexity index is 433. The fourth-order valence-corrected chi connectivity index (χ4v) is 0.967. The first kappa shape index (κ1) is 8.42. The molecule has 72 valence electrons. The molecule has 0 aliphatic rings. The normalized spacial score (nSPS) is 10.3. The van der Waals surface area contributed by atoms with Crippen molar-refractivity contribution in [1.82, 2.24) is 19.9 Å². The Morgan fingerprint density at radius 1 is 1.64 bits per heavy atom. The van der Waals surface area contributed by atoms with Crippen LogP contribution in [0.25, 0.3) is 0 Å². The first-order valence-electron chi connectivity index (χ1n) is 3.76. The topological polar surface area (TPSA) is 94.0 Å². The van der Waals surface area contributed by atoms with Gasteiger partial charge in [0, 0.05) is 6.20 Å². The van der Waals surface area contributed by atoms with Gasteiger partial charge in [0.15, 0.2) is 5.82 Å². The summed E-state index contributed by atoms with van der Waals surface area (Å²) in [5.41, 5.74) is 0.133. The van der Waals surface area contributed by atoms with Gasteiger partial charge < -0.3 is 9.63 Å². The van der Waals surface area contributed by atoms with Crippen molar-refractivity contribution in [2.45, 2.75) is 6.54 Å². The van der Waals surface area contributed by atoms with Crippen molar-refractivity contribution in [3.8, 4) is 0 Å². The van der Waals surface area contributed by atoms with Gasteiger partial charge in [-0.3, -0.25) is 4.68 Å². The van der Waals surface area contributed by atoms with Crippen LogP contribution >= 0.6 is 0 Å². The van der Waals surface area contributed by atoms with E-state index in [1.54, 1.807) is 0 Å². The SMILES string of the molecule is O=C(O)c1cnn(Cc2ncon2)c1. The zero-order valence-electron chi connectivity index (χ0n) is 6.99. The van der Waals surface area contributed by atoms with Crippen LogP contribution in [-0.2, 0) is 6.54 Å². The van der Waals surface area contributed by atoms with Gasteiger partial charge in [0.05, 0.1) is 11.8 Å². The van der Waals surface area contributed by atoms with E-state index in [0.717, 1.165) is 0 Å². The molecule has 0 unspecified atom stereocenters. The molecule has 0 aliphatic heterocycles. The van der Waals surface area contributed by atoms with E-state index in [0.29, 0.717) is 12.4 Å². The molecule has 0 radical (unpaired) electrons. The van der Waals surface area contributed by atoms with Crippen LogP contribution in [0.1, 0.15) is 16.2 Å². The van der Waals surface area contributed by atoms with Crippen molar-refractivity contribution in [3.05, 3.63) is 30.2 Å². The minimum absolute atomic E-state index is 0.133. The van der Waals surface area contributed by atoms with Crippen molar-refractivity contribution in [2.24, 2.45) is 0 Å². The molecule has 0 atom stereocenters. The van der Waals surface area contributed by atoms with Gasteiger partial charge >= 0.3 is 5.97 Å². The number of aromatic nitrogens is 4. The van der Waals surface area contributed by atoms with E-state index in [2.05, 4.69) is 19.8 Å². The maximum absolute atomic E-state index is 10.5. The third-order valence-corrected chi connectivity index (χ3v) is 1.59. The number of carboxylic acid groups (broad SMARTS) is 1. The molecular weight excluding hydrogens is 188 g/mol. The van der Waals surface area contributed by atoms with Crippen LogP contribution in [0.15, 0.2) is 23.3 Å². The van der Waals surface area contributed by atoms with Crippen molar-refractivity contribution < 1.29 is 14.4 Å². The molecule has 2 rings (SSSR count). The smallest absolute Gasteiger partial charge is 0.338 e. The fraction of sp³-hybridized carbons (Fsp3) is 0.143. The molecule has 2 aromatic rings. The molecule has 2 heterocycles. The van der Waals surface area contributed by atoms with Gasteiger partial charge in [0.2, 0.25) is 6.39 Å². The van der Waals surface area contributed by atoms with E-state index in [-0.39, 0.29) is 5.56 Å². The number of rotatable bonds is 3. The third-order valence-electron chi connectivity index (χ3n) is 1.59. The van der Waals surface area contributed by atoms with Gasteiger partial charge in [0.25, 0.3) is 0 Å². The van der Waals surface area contributed by atoms with Crippen molar-refractivity contribution in [3.63, 3.8) is 0 Å². The number of carboxylic acids is 1. The number of carbonyl (C=O) groups is 1. The van der Waals surface area contributed by atoms with E-state index >= 15 is 0 Å². The molecule has 2 aromatic heterocycles. The zero-order valence-corrected chi connectivity index (χ0v) is 6.99. The van der Waals surface area contributed by atoms with Crippen LogP contribution in [0.3, 0.4) is 0 Å². The Balaban J connectivity index is 2.14. The molecular formula is C7H6N4O3. The van der Waals surface area contributed by atoms with Gasteiger partial charge in [-0.25, -0.2) is 4.79 Å². The Kier molecular flexibility index (Phi) is 1.98. The minimum atomic E-state index is -1.01. The number of nitrogens with zero attached hydrogens (tertiary/aromatic N) is 4. The maximum atomic E-state index is 10.5. The van der Waals surface area contributed by atoms with Crippen molar-refractivity contribution in [2.75, 3.05) is 0 Å². The van der Waals surface area contributed by atoms with Crippen molar-refractivity contribution >= 4 is 5.97 Å². The first-order chi connectivity index (χ1) is 6.75. The van der Waals surface area contributed by atoms with E-state index in [4.69, 9.17) is 5.11 Å². The van der Waals surface area contributed by atoms with Crippen molar-refractivity contribution in [1.29, 1.82) is 0 Å². The summed E-state index contributed by atoms with van der Waals surface area (Å²) in [6.07, 6.45) is 3.87. The quantitative estimate of drug-likeness (QED) is 0.739. The average molecular weight is 194 g/mol. The predicted octanol–water partition coefficient (Wildman–Crippen LogP) is 0.0126. The van der Waals surface area contributed by atoms with Gasteiger partial charge in [-0.2, -0.15) is 10.1 Å². The first-order valence-corrected chi connectivity index (χ1v) is 3.76. The van der Waals surface area contributed by atoms with E-state index in [1.165, 1.54) is 23.5 Å². The van der Waals surface area contributed by atoms with Crippen LogP contribution in [-0.4, -0.2) is 31.0 Å². The summed E-state index contributed by atoms with van der Waals surface area (Å²) < 4.78 is 5.95. The summed E-state index contributed by atoms with van der Waals surface area (Å²) in [7, 11) is 0. The molecule has 0 saturated carbocycles. The lowest BCUT2D eigenvalue weighted by Gasteiger charge is -1.93. The monoisotopic (exact) mass is 194 g/mol. The maximum Gasteiger partial charge on any atom is 0.338 e. The van der Waals surface area contributed by atoms with Crippen LogP contribution in [0.4, 0.5) is 0 Å². The van der Waals surface area contributed by atoms with Crippen LogP contribution in [0.2, 0.25) is 0 Å². The predicted molar refractivity (Wildman–Crippen MR) is 42.6 cm³/mol. The molecule has 1 N–H and O–H groups in total. The molecule has 0 aliphatic carbocycles. The molecule has 14 heavy (non-hydrogen) atoms. The Morgan fingerprint density at radius 3 is 3.07 bits per heavy atom. The lowest BCUT2D eigenvalue weighted by molar-refractivity contribution is 0.0697. The average Bonchev–Trinajstić information content (AvgIpc) is 2.75. The number of hydrogen-bond donors (Lipinski definition) is 1. The third kappa shape index (κ3) is 1.60. The van der Waals surface area contributed by atoms with E-state index in [9.17, 15) is 4.79 Å². The molecule has 0 saturated heterocycles. The highest BCUT2D eigenvalue weighted by molar-refractivity contribution is 5.86. The summed E-state index contributed by atoms with van der Waals surface area (Å²) in [5, 5.41) is 16.0. The summed E-state index contributed by atoms with van der Waals surface area (Å²) >= 11 is 0. The largest absolute Gasteiger partial charge is 0.478 e. The highest BCUT2D eigenvalue weighted by Gasteiger charge is 2.07. The molecule has 0 bridgehead atoms. The van der Waals surface area contributed by atoms with Gasteiger partial charge in [-0.1, -0.05) is 5.16 Å². The Hall–Kier alpha value is -2.18. The highest BCUT2D eigenvalue weighted by Crippen LogP contribution is 1.99. The molecule has 0 fully saturated rings. The number of hydrogen-bond acceptors (Lipinski definition) is 5. The van der Waals surface area contributed by atoms with E-state index < -0.39 is 5.97 Å². The minimum Gasteiger partial charge on any atom is -0.478 e. The Labute approximate surface area is 78.0 Å². The summed E-state index contributed by atoms with van der Waals surface area (Å²) in [4.78, 5) is 14.3. The lowest BCUT2D eigenvalue weighted by Crippen LogP contribution is -2.01. The van der Waals surface area contributed by atoms with Crippen LogP contribution in [0, 0.1) is 0 Å². The molecule has 0 spiro atoms. The van der Waals surface area contributed by atoms with Gasteiger partial charge in [-0.15, -0.1) is 0 Å². The molecule has 0 aromatic carbocycles. The molecule has 7 nitrogen and oxygen atoms in total. The second-order valence-electron chi connectivity index (χ2n) is 2.58. The second-order valence-corrected chi connectivity index (χ2v) is 2.58. The Morgan fingerprint density at radius 2 is 2.50 bits per heavy atom. The zero-order chi connectivity index (χ0) is 9.97. The van der Waals surface area contributed by atoms with Crippen LogP contribution in [0.5, 0.6) is 0 Å². The van der Waals surface area contributed by atoms with Gasteiger partial charge in [-0.05, 0) is 0 Å². The summed E-state index contributed by atoms with van der Waals surface area (Å²) in [5.74, 6) is -0.561. The number of aromatic carboxylic acids is 1. The molecule has 7 heteroatoms. The highest BCUT2D eigenvalue weighted by atomic mass is 16.5. The standard InChI is InChI=1S/C7H6N4O3/c12-7(13)5-1-9-11(2-5)3-6-8-4-14-10-6/h1-2,4H,3H2,(H,12,13). The summed E-state index contributed by atoms with van der Waals surface area (Å²) in [6, 6.07) is 0. The van der Waals surface area contributed by atoms with Gasteiger partial charge in [0.1, 0.15) is 6.54 Å².